The van der Waals surface area contributed by atoms with E-state index in [1.54, 1.807) is 18.0 Å². The first-order valence-corrected chi connectivity index (χ1v) is 8.19. The minimum absolute atomic E-state index is 0.0546. The molecule has 23 heavy (non-hydrogen) atoms. The molecule has 6 heteroatoms. The number of hydrogen-bond donors (Lipinski definition) is 1. The molecule has 0 saturated heterocycles. The molecular formula is C17H19NO4S. The summed E-state index contributed by atoms with van der Waals surface area (Å²) in [5, 5.41) is 9.10. The molecule has 0 unspecified atom stereocenters. The highest BCUT2D eigenvalue weighted by molar-refractivity contribution is 7.98. The van der Waals surface area contributed by atoms with Gasteiger partial charge in [-0.1, -0.05) is 12.1 Å². The number of rotatable bonds is 6. The quantitative estimate of drug-likeness (QED) is 0.815. The van der Waals surface area contributed by atoms with Crippen molar-refractivity contribution < 1.29 is 19.1 Å². The number of thioether (sulfide) groups is 1. The molecule has 0 aliphatic heterocycles. The summed E-state index contributed by atoms with van der Waals surface area (Å²) in [4.78, 5) is 26.1. The molecule has 1 amide bonds. The van der Waals surface area contributed by atoms with Crippen LogP contribution >= 0.6 is 11.8 Å². The second-order valence-corrected chi connectivity index (χ2v) is 6.37. The Kier molecular flexibility index (Phi) is 5.50. The van der Waals surface area contributed by atoms with E-state index >= 15 is 0 Å². The van der Waals surface area contributed by atoms with E-state index in [0.29, 0.717) is 17.1 Å². The summed E-state index contributed by atoms with van der Waals surface area (Å²) in [7, 11) is 1.77. The minimum atomic E-state index is -1.02. The lowest BCUT2D eigenvalue weighted by atomic mass is 10.2. The van der Waals surface area contributed by atoms with Gasteiger partial charge >= 0.3 is 5.97 Å². The summed E-state index contributed by atoms with van der Waals surface area (Å²) in [5.41, 5.74) is 0.762. The number of hydrogen-bond acceptors (Lipinski definition) is 4. The molecule has 1 aromatic heterocycles. The van der Waals surface area contributed by atoms with Gasteiger partial charge in [-0.3, -0.25) is 4.79 Å². The highest BCUT2D eigenvalue weighted by atomic mass is 32.2. The largest absolute Gasteiger partial charge is 0.478 e. The summed E-state index contributed by atoms with van der Waals surface area (Å²) >= 11 is 1.39. The summed E-state index contributed by atoms with van der Waals surface area (Å²) in [6, 6.07) is 8.85. The van der Waals surface area contributed by atoms with Crippen molar-refractivity contribution >= 4 is 23.6 Å². The lowest BCUT2D eigenvalue weighted by Gasteiger charge is -2.22. The smallest absolute Gasteiger partial charge is 0.339 e. The molecule has 0 radical (unpaired) electrons. The Morgan fingerprint density at radius 2 is 1.91 bits per heavy atom. The van der Waals surface area contributed by atoms with Crippen LogP contribution in [0.25, 0.3) is 0 Å². The van der Waals surface area contributed by atoms with Gasteiger partial charge in [-0.15, -0.1) is 11.8 Å². The van der Waals surface area contributed by atoms with Gasteiger partial charge in [0.05, 0.1) is 17.6 Å². The number of benzene rings is 1. The van der Waals surface area contributed by atoms with Crippen LogP contribution in [0.4, 0.5) is 0 Å². The topological polar surface area (TPSA) is 70.8 Å². The van der Waals surface area contributed by atoms with Gasteiger partial charge in [0, 0.05) is 18.0 Å². The molecule has 122 valence electrons. The van der Waals surface area contributed by atoms with Gasteiger partial charge in [0.25, 0.3) is 5.91 Å². The highest BCUT2D eigenvalue weighted by Crippen LogP contribution is 2.29. The number of aromatic carboxylic acids is 1. The van der Waals surface area contributed by atoms with Gasteiger partial charge in [-0.25, -0.2) is 4.79 Å². The molecule has 0 spiro atoms. The first-order chi connectivity index (χ1) is 10.9. The number of carboxylic acids is 1. The molecule has 0 atom stereocenters. The van der Waals surface area contributed by atoms with E-state index in [1.165, 1.54) is 24.1 Å². The molecule has 5 nitrogen and oxygen atoms in total. The van der Waals surface area contributed by atoms with E-state index in [1.807, 2.05) is 32.0 Å². The maximum atomic E-state index is 12.5. The molecule has 1 aromatic carbocycles. The second kappa shape index (κ2) is 7.37. The van der Waals surface area contributed by atoms with Crippen molar-refractivity contribution in [3.05, 3.63) is 53.5 Å². The zero-order valence-electron chi connectivity index (χ0n) is 13.3. The number of carbonyl (C=O) groups excluding carboxylic acids is 1. The molecule has 0 saturated carbocycles. The first kappa shape index (κ1) is 17.1. The third kappa shape index (κ3) is 3.96. The van der Waals surface area contributed by atoms with E-state index in [4.69, 9.17) is 9.52 Å². The van der Waals surface area contributed by atoms with Crippen molar-refractivity contribution in [3.8, 4) is 0 Å². The van der Waals surface area contributed by atoms with Crippen molar-refractivity contribution in [2.45, 2.75) is 30.5 Å². The van der Waals surface area contributed by atoms with Gasteiger partial charge in [0.2, 0.25) is 0 Å². The molecule has 2 aromatic rings. The second-order valence-electron chi connectivity index (χ2n) is 5.36. The van der Waals surface area contributed by atoms with Crippen molar-refractivity contribution in [2.24, 2.45) is 0 Å². The van der Waals surface area contributed by atoms with Crippen molar-refractivity contribution in [1.29, 1.82) is 0 Å². The van der Waals surface area contributed by atoms with Crippen molar-refractivity contribution in [3.63, 3.8) is 0 Å². The Morgan fingerprint density at radius 3 is 2.57 bits per heavy atom. The monoisotopic (exact) mass is 333 g/mol. The molecule has 2 rings (SSSR count). The number of furan rings is 1. The molecule has 1 heterocycles. The predicted molar refractivity (Wildman–Crippen MR) is 88.9 cm³/mol. The SMILES string of the molecule is CC(C)N(C)C(=O)c1ccccc1SCc1occc1C(=O)O. The molecule has 1 N–H and O–H groups in total. The molecule has 0 aliphatic rings. The molecular weight excluding hydrogens is 314 g/mol. The van der Waals surface area contributed by atoms with Crippen molar-refractivity contribution in [2.75, 3.05) is 7.05 Å². The maximum absolute atomic E-state index is 12.5. The normalized spacial score (nSPS) is 10.8. The van der Waals surface area contributed by atoms with Crippen LogP contribution in [0.3, 0.4) is 0 Å². The van der Waals surface area contributed by atoms with E-state index in [0.717, 1.165) is 4.90 Å². The summed E-state index contributed by atoms with van der Waals surface area (Å²) in [6.07, 6.45) is 1.36. The zero-order valence-corrected chi connectivity index (χ0v) is 14.1. The third-order valence-electron chi connectivity index (χ3n) is 3.55. The highest BCUT2D eigenvalue weighted by Gasteiger charge is 2.19. The van der Waals surface area contributed by atoms with Crippen LogP contribution in [0.1, 0.15) is 40.3 Å². The maximum Gasteiger partial charge on any atom is 0.339 e. The Hall–Kier alpha value is -2.21. The summed E-state index contributed by atoms with van der Waals surface area (Å²) < 4.78 is 5.24. The first-order valence-electron chi connectivity index (χ1n) is 7.20. The van der Waals surface area contributed by atoms with Gasteiger partial charge in [-0.05, 0) is 32.0 Å². The molecule has 0 fully saturated rings. The number of amides is 1. The van der Waals surface area contributed by atoms with Crippen LogP contribution in [0, 0.1) is 0 Å². The van der Waals surface area contributed by atoms with E-state index in [-0.39, 0.29) is 17.5 Å². The molecule has 0 aliphatic carbocycles. The minimum Gasteiger partial charge on any atom is -0.478 e. The lowest BCUT2D eigenvalue weighted by Crippen LogP contribution is -2.33. The fourth-order valence-electron chi connectivity index (χ4n) is 1.98. The Balaban J connectivity index is 2.19. The number of nitrogens with zero attached hydrogens (tertiary/aromatic N) is 1. The van der Waals surface area contributed by atoms with E-state index in [9.17, 15) is 9.59 Å². The van der Waals surface area contributed by atoms with Crippen LogP contribution in [0.2, 0.25) is 0 Å². The summed E-state index contributed by atoms with van der Waals surface area (Å²) in [6.45, 7) is 3.91. The Labute approximate surface area is 139 Å². The van der Waals surface area contributed by atoms with Crippen molar-refractivity contribution in [1.82, 2.24) is 4.90 Å². The van der Waals surface area contributed by atoms with E-state index < -0.39 is 5.97 Å². The standard InChI is InChI=1S/C17H19NO4S/c1-11(2)18(3)16(19)13-6-4-5-7-15(13)23-10-14-12(17(20)21)8-9-22-14/h4-9,11H,10H2,1-3H3,(H,20,21). The number of carboxylic acid groups (broad SMARTS) is 1. The van der Waals surface area contributed by atoms with Gasteiger partial charge in [-0.2, -0.15) is 0 Å². The molecule has 0 bridgehead atoms. The van der Waals surface area contributed by atoms with E-state index in [2.05, 4.69) is 0 Å². The van der Waals surface area contributed by atoms with Crippen LogP contribution in [0.15, 0.2) is 45.9 Å². The van der Waals surface area contributed by atoms with Crippen LogP contribution in [-0.4, -0.2) is 35.0 Å². The van der Waals surface area contributed by atoms with Gasteiger partial charge in [0.1, 0.15) is 11.3 Å². The zero-order chi connectivity index (χ0) is 17.0. The lowest BCUT2D eigenvalue weighted by molar-refractivity contribution is 0.0693. The number of carbonyl (C=O) groups is 2. The summed E-state index contributed by atoms with van der Waals surface area (Å²) in [5.74, 6) is -0.328. The Morgan fingerprint density at radius 1 is 1.22 bits per heavy atom. The van der Waals surface area contributed by atoms with Gasteiger partial charge < -0.3 is 14.4 Å². The predicted octanol–water partition coefficient (Wildman–Crippen LogP) is 3.75. The Bertz CT molecular complexity index is 708. The average molecular weight is 333 g/mol. The van der Waals surface area contributed by atoms with Crippen LogP contribution in [-0.2, 0) is 5.75 Å². The van der Waals surface area contributed by atoms with Crippen LogP contribution < -0.4 is 0 Å². The van der Waals surface area contributed by atoms with Gasteiger partial charge in [0.15, 0.2) is 0 Å². The van der Waals surface area contributed by atoms with Crippen LogP contribution in [0.5, 0.6) is 0 Å². The fourth-order valence-corrected chi connectivity index (χ4v) is 2.98. The fraction of sp³-hybridized carbons (Fsp3) is 0.294. The third-order valence-corrected chi connectivity index (χ3v) is 4.62. The average Bonchev–Trinajstić information content (AvgIpc) is 3.00.